The molecule has 132 valence electrons. The summed E-state index contributed by atoms with van der Waals surface area (Å²) in [5, 5.41) is 0. The average molecular weight is 427 g/mol. The van der Waals surface area contributed by atoms with Crippen LogP contribution in [0, 0.1) is 5.92 Å². The summed E-state index contributed by atoms with van der Waals surface area (Å²) in [5.74, 6) is 0.170. The summed E-state index contributed by atoms with van der Waals surface area (Å²) in [6.07, 6.45) is 0.759. The van der Waals surface area contributed by atoms with Crippen molar-refractivity contribution in [3.63, 3.8) is 0 Å². The Kier molecular flexibility index (Phi) is 10.00. The number of nitrogens with zero attached hydrogens (tertiary/aromatic N) is 2. The van der Waals surface area contributed by atoms with Gasteiger partial charge in [0.25, 0.3) is 5.91 Å². The lowest BCUT2D eigenvalue weighted by molar-refractivity contribution is -0.130. The third-order valence-corrected chi connectivity index (χ3v) is 5.19. The zero-order valence-electron chi connectivity index (χ0n) is 13.9. The fourth-order valence-corrected chi connectivity index (χ4v) is 3.19. The molecule has 1 unspecified atom stereocenters. The highest BCUT2D eigenvalue weighted by Gasteiger charge is 2.19. The van der Waals surface area contributed by atoms with Crippen molar-refractivity contribution in [2.45, 2.75) is 26.3 Å². The van der Waals surface area contributed by atoms with Crippen molar-refractivity contribution >= 4 is 51.5 Å². The van der Waals surface area contributed by atoms with Gasteiger partial charge in [0.1, 0.15) is 0 Å². The molecule has 5 nitrogen and oxygen atoms in total. The first kappa shape index (κ1) is 22.4. The second kappa shape index (κ2) is 10.3. The molecule has 1 aromatic heterocycles. The van der Waals surface area contributed by atoms with Gasteiger partial charge in [0.15, 0.2) is 0 Å². The number of likely N-dealkylation sites (N-methyl/N-ethyl adjacent to an activating group) is 2. The summed E-state index contributed by atoms with van der Waals surface area (Å²) in [6, 6.07) is 3.66. The molecule has 8 heteroatoms. The maximum absolute atomic E-state index is 12.2. The van der Waals surface area contributed by atoms with Crippen molar-refractivity contribution in [2.75, 3.05) is 27.2 Å². The molecular weight excluding hydrogens is 402 g/mol. The molecule has 0 aliphatic heterocycles. The van der Waals surface area contributed by atoms with E-state index in [4.69, 9.17) is 5.73 Å². The highest BCUT2D eigenvalue weighted by molar-refractivity contribution is 9.11. The monoisotopic (exact) mass is 425 g/mol. The van der Waals surface area contributed by atoms with Gasteiger partial charge in [-0.3, -0.25) is 9.59 Å². The number of nitrogens with two attached hydrogens (primary N) is 1. The van der Waals surface area contributed by atoms with Gasteiger partial charge in [0.05, 0.1) is 15.2 Å². The van der Waals surface area contributed by atoms with Crippen LogP contribution in [0.4, 0.5) is 0 Å². The van der Waals surface area contributed by atoms with Crippen LogP contribution in [0.2, 0.25) is 0 Å². The molecule has 0 saturated carbocycles. The van der Waals surface area contributed by atoms with E-state index in [2.05, 4.69) is 29.8 Å². The van der Waals surface area contributed by atoms with Gasteiger partial charge in [0.2, 0.25) is 5.91 Å². The minimum absolute atomic E-state index is 0. The Balaban J connectivity index is 0.00000484. The number of rotatable bonds is 7. The van der Waals surface area contributed by atoms with Crippen LogP contribution in [-0.2, 0) is 4.79 Å². The Hall–Kier alpha value is -0.630. The van der Waals surface area contributed by atoms with Gasteiger partial charge in [-0.15, -0.1) is 23.7 Å². The van der Waals surface area contributed by atoms with Crippen LogP contribution in [0.25, 0.3) is 0 Å². The van der Waals surface area contributed by atoms with Crippen molar-refractivity contribution in [3.8, 4) is 0 Å². The Morgan fingerprint density at radius 2 is 1.87 bits per heavy atom. The maximum atomic E-state index is 12.2. The summed E-state index contributed by atoms with van der Waals surface area (Å²) < 4.78 is 0.898. The lowest BCUT2D eigenvalue weighted by Crippen LogP contribution is -2.41. The number of carbonyl (C=O) groups excluding carboxylic acids is 2. The number of carbonyl (C=O) groups is 2. The van der Waals surface area contributed by atoms with Crippen LogP contribution in [-0.4, -0.2) is 54.8 Å². The molecule has 0 spiro atoms. The summed E-state index contributed by atoms with van der Waals surface area (Å²) >= 11 is 4.69. The minimum atomic E-state index is -0.142. The largest absolute Gasteiger partial charge is 0.344 e. The third-order valence-electron chi connectivity index (χ3n) is 3.58. The molecule has 0 aromatic carbocycles. The van der Waals surface area contributed by atoms with Gasteiger partial charge in [-0.05, 0) is 40.4 Å². The predicted molar refractivity (Wildman–Crippen MR) is 101 cm³/mol. The van der Waals surface area contributed by atoms with E-state index in [1.807, 2.05) is 6.07 Å². The van der Waals surface area contributed by atoms with Crippen LogP contribution in [0.1, 0.15) is 29.9 Å². The lowest BCUT2D eigenvalue weighted by atomic mass is 10.0. The summed E-state index contributed by atoms with van der Waals surface area (Å²) in [5.41, 5.74) is 5.99. The molecule has 1 aromatic rings. The topological polar surface area (TPSA) is 66.6 Å². The zero-order chi connectivity index (χ0) is 16.9. The SMILES string of the molecule is CC(C)C(N)CCN(C)C(=O)CN(C)C(=O)c1ccc(Br)s1.Cl. The van der Waals surface area contributed by atoms with Gasteiger partial charge in [-0.2, -0.15) is 0 Å². The van der Waals surface area contributed by atoms with Crippen molar-refractivity contribution < 1.29 is 9.59 Å². The molecule has 2 N–H and O–H groups in total. The third kappa shape index (κ3) is 7.20. The van der Waals surface area contributed by atoms with Crippen LogP contribution < -0.4 is 5.73 Å². The average Bonchev–Trinajstić information content (AvgIpc) is 2.89. The maximum Gasteiger partial charge on any atom is 0.264 e. The summed E-state index contributed by atoms with van der Waals surface area (Å²) in [7, 11) is 3.39. The minimum Gasteiger partial charge on any atom is -0.344 e. The van der Waals surface area contributed by atoms with E-state index >= 15 is 0 Å². The number of hydrogen-bond donors (Lipinski definition) is 1. The lowest BCUT2D eigenvalue weighted by Gasteiger charge is -2.24. The number of thiophene rings is 1. The fourth-order valence-electron chi connectivity index (χ4n) is 1.81. The molecule has 1 rings (SSSR count). The molecule has 23 heavy (non-hydrogen) atoms. The van der Waals surface area contributed by atoms with Crippen molar-refractivity contribution in [3.05, 3.63) is 20.8 Å². The van der Waals surface area contributed by atoms with Gasteiger partial charge in [0, 0.05) is 26.7 Å². The van der Waals surface area contributed by atoms with Crippen molar-refractivity contribution in [1.29, 1.82) is 0 Å². The molecule has 0 aliphatic rings. The van der Waals surface area contributed by atoms with Crippen LogP contribution in [0.5, 0.6) is 0 Å². The number of hydrogen-bond acceptors (Lipinski definition) is 4. The van der Waals surface area contributed by atoms with Gasteiger partial charge < -0.3 is 15.5 Å². The van der Waals surface area contributed by atoms with E-state index in [0.29, 0.717) is 17.3 Å². The van der Waals surface area contributed by atoms with Crippen molar-refractivity contribution in [2.24, 2.45) is 11.7 Å². The van der Waals surface area contributed by atoms with Crippen LogP contribution in [0.15, 0.2) is 15.9 Å². The van der Waals surface area contributed by atoms with Gasteiger partial charge in [-0.25, -0.2) is 0 Å². The van der Waals surface area contributed by atoms with Gasteiger partial charge in [-0.1, -0.05) is 13.8 Å². The molecular formula is C15H25BrClN3O2S. The molecule has 0 bridgehead atoms. The smallest absolute Gasteiger partial charge is 0.264 e. The molecule has 0 fully saturated rings. The van der Waals surface area contributed by atoms with Crippen LogP contribution in [0.3, 0.4) is 0 Å². The molecule has 1 atom stereocenters. The Morgan fingerprint density at radius 1 is 1.26 bits per heavy atom. The summed E-state index contributed by atoms with van der Waals surface area (Å²) in [4.78, 5) is 28.1. The molecule has 1 heterocycles. The number of halogens is 2. The van der Waals surface area contributed by atoms with E-state index in [9.17, 15) is 9.59 Å². The van der Waals surface area contributed by atoms with E-state index in [1.54, 1.807) is 25.1 Å². The highest BCUT2D eigenvalue weighted by Crippen LogP contribution is 2.23. The van der Waals surface area contributed by atoms with E-state index < -0.39 is 0 Å². The predicted octanol–water partition coefficient (Wildman–Crippen LogP) is 2.84. The Bertz CT molecular complexity index is 525. The highest BCUT2D eigenvalue weighted by atomic mass is 79.9. The van der Waals surface area contributed by atoms with Crippen LogP contribution >= 0.6 is 39.7 Å². The van der Waals surface area contributed by atoms with E-state index in [-0.39, 0.29) is 36.8 Å². The van der Waals surface area contributed by atoms with Gasteiger partial charge >= 0.3 is 0 Å². The fraction of sp³-hybridized carbons (Fsp3) is 0.600. The second-order valence-corrected chi connectivity index (χ2v) is 8.24. The Labute approximate surface area is 156 Å². The summed E-state index contributed by atoms with van der Waals surface area (Å²) in [6.45, 7) is 4.81. The Morgan fingerprint density at radius 3 is 2.35 bits per heavy atom. The van der Waals surface area contributed by atoms with E-state index in [0.717, 1.165) is 10.2 Å². The first-order valence-corrected chi connectivity index (χ1v) is 8.83. The molecule has 0 radical (unpaired) electrons. The van der Waals surface area contributed by atoms with E-state index in [1.165, 1.54) is 16.2 Å². The standard InChI is InChI=1S/C15H24BrN3O2S.ClH/c1-10(2)11(17)7-8-18(3)14(20)9-19(4)15(21)12-5-6-13(16)22-12;/h5-6,10-11H,7-9,17H2,1-4H3;1H. The first-order chi connectivity index (χ1) is 10.2. The molecule has 0 saturated heterocycles. The first-order valence-electron chi connectivity index (χ1n) is 7.22. The quantitative estimate of drug-likeness (QED) is 0.729. The second-order valence-electron chi connectivity index (χ2n) is 5.78. The number of amides is 2. The molecule has 0 aliphatic carbocycles. The molecule has 2 amide bonds. The zero-order valence-corrected chi connectivity index (χ0v) is 17.1. The normalized spacial score (nSPS) is 11.8. The van der Waals surface area contributed by atoms with Crippen molar-refractivity contribution in [1.82, 2.24) is 9.80 Å².